The molecule has 4 N–H and O–H groups in total. The van der Waals surface area contributed by atoms with Crippen LogP contribution in [-0.4, -0.2) is 12.1 Å². The van der Waals surface area contributed by atoms with Gasteiger partial charge in [-0.15, -0.1) is 0 Å². The lowest BCUT2D eigenvalue weighted by atomic mass is 10.1. The molecule has 2 atom stereocenters. The maximum absolute atomic E-state index is 5.43. The average Bonchev–Trinajstić information content (AvgIpc) is 1.65. The molecular weight excluding hydrogens is 88.1 g/mol. The Morgan fingerprint density at radius 2 is 2.00 bits per heavy atom. The number of hydrogen-bond donors (Lipinski definition) is 2. The van der Waals surface area contributed by atoms with Gasteiger partial charge in [0.25, 0.3) is 0 Å². The van der Waals surface area contributed by atoms with Crippen molar-refractivity contribution in [3.8, 4) is 0 Å². The van der Waals surface area contributed by atoms with E-state index in [9.17, 15) is 0 Å². The van der Waals surface area contributed by atoms with Crippen molar-refractivity contribution in [3.05, 3.63) is 6.92 Å². The van der Waals surface area contributed by atoms with Gasteiger partial charge in [0, 0.05) is 12.1 Å². The molecule has 0 rings (SSSR count). The smallest absolute Gasteiger partial charge is 0.0192 e. The van der Waals surface area contributed by atoms with Crippen LogP contribution in [0.4, 0.5) is 0 Å². The quantitative estimate of drug-likeness (QED) is 0.509. The highest BCUT2D eigenvalue weighted by Gasteiger charge is 2.02. The second kappa shape index (κ2) is 2.99. The first kappa shape index (κ1) is 6.92. The third kappa shape index (κ3) is 2.60. The Hall–Kier alpha value is -0.0800. The van der Waals surface area contributed by atoms with Crippen LogP contribution in [-0.2, 0) is 0 Å². The summed E-state index contributed by atoms with van der Waals surface area (Å²) in [6.07, 6.45) is 0.907. The topological polar surface area (TPSA) is 52.0 Å². The summed E-state index contributed by atoms with van der Waals surface area (Å²) < 4.78 is 0. The fourth-order valence-corrected chi connectivity index (χ4v) is 0.303. The molecule has 7 heavy (non-hydrogen) atoms. The average molecular weight is 101 g/mol. The molecule has 0 saturated carbocycles. The van der Waals surface area contributed by atoms with E-state index >= 15 is 0 Å². The first-order chi connectivity index (χ1) is 3.18. The molecule has 1 radical (unpaired) electrons. The second-order valence-electron chi connectivity index (χ2n) is 1.74. The van der Waals surface area contributed by atoms with Gasteiger partial charge in [0.2, 0.25) is 0 Å². The van der Waals surface area contributed by atoms with E-state index < -0.39 is 0 Å². The molecule has 0 aromatic heterocycles. The summed E-state index contributed by atoms with van der Waals surface area (Å²) in [5.74, 6) is 0. The second-order valence-corrected chi connectivity index (χ2v) is 1.74. The van der Waals surface area contributed by atoms with Gasteiger partial charge in [0.15, 0.2) is 0 Å². The summed E-state index contributed by atoms with van der Waals surface area (Å²) in [6, 6.07) is -0.0370. The largest absolute Gasteiger partial charge is 0.326 e. The van der Waals surface area contributed by atoms with Crippen molar-refractivity contribution in [2.75, 3.05) is 0 Å². The summed E-state index contributed by atoms with van der Waals surface area (Å²) in [5, 5.41) is 0. The van der Waals surface area contributed by atoms with Gasteiger partial charge in [0.1, 0.15) is 0 Å². The van der Waals surface area contributed by atoms with Crippen LogP contribution in [0, 0.1) is 6.92 Å². The van der Waals surface area contributed by atoms with Crippen molar-refractivity contribution in [2.45, 2.75) is 25.4 Å². The monoisotopic (exact) mass is 101 g/mol. The van der Waals surface area contributed by atoms with Crippen LogP contribution in [0.25, 0.3) is 0 Å². The molecule has 0 aliphatic carbocycles. The molecule has 0 saturated heterocycles. The van der Waals surface area contributed by atoms with Crippen LogP contribution in [0.15, 0.2) is 0 Å². The molecule has 2 nitrogen and oxygen atoms in total. The van der Waals surface area contributed by atoms with Crippen molar-refractivity contribution in [1.29, 1.82) is 0 Å². The van der Waals surface area contributed by atoms with Crippen LogP contribution >= 0.6 is 0 Å². The van der Waals surface area contributed by atoms with Crippen LogP contribution < -0.4 is 11.5 Å². The van der Waals surface area contributed by atoms with E-state index in [1.54, 1.807) is 0 Å². The predicted octanol–water partition coefficient (Wildman–Crippen LogP) is -0.115. The molecule has 2 heteroatoms. The molecule has 43 valence electrons. The molecule has 0 aliphatic rings. The highest BCUT2D eigenvalue weighted by atomic mass is 14.8. The van der Waals surface area contributed by atoms with Gasteiger partial charge in [0.05, 0.1) is 0 Å². The lowest BCUT2D eigenvalue weighted by Crippen LogP contribution is -2.38. The minimum atomic E-state index is -0.106. The Balaban J connectivity index is 3.14. The maximum atomic E-state index is 5.43. The lowest BCUT2D eigenvalue weighted by Gasteiger charge is -2.10. The molecular formula is C5H13N2. The normalized spacial score (nSPS) is 18.9. The molecule has 0 aliphatic heterocycles. The summed E-state index contributed by atoms with van der Waals surface area (Å²) >= 11 is 0. The Morgan fingerprint density at radius 3 is 2.00 bits per heavy atom. The minimum Gasteiger partial charge on any atom is -0.326 e. The van der Waals surface area contributed by atoms with E-state index in [-0.39, 0.29) is 12.1 Å². The van der Waals surface area contributed by atoms with Gasteiger partial charge >= 0.3 is 0 Å². The minimum absolute atomic E-state index is 0.0694. The van der Waals surface area contributed by atoms with E-state index in [0.717, 1.165) is 6.42 Å². The van der Waals surface area contributed by atoms with E-state index in [4.69, 9.17) is 11.5 Å². The van der Waals surface area contributed by atoms with Crippen molar-refractivity contribution < 1.29 is 0 Å². The zero-order valence-corrected chi connectivity index (χ0v) is 4.72. The summed E-state index contributed by atoms with van der Waals surface area (Å²) in [4.78, 5) is 0. The number of rotatable bonds is 2. The molecule has 0 bridgehead atoms. The fraction of sp³-hybridized carbons (Fsp3) is 0.800. The van der Waals surface area contributed by atoms with E-state index in [1.165, 1.54) is 0 Å². The molecule has 0 aromatic rings. The Labute approximate surface area is 44.9 Å². The Bertz CT molecular complexity index is 43.3. The van der Waals surface area contributed by atoms with Gasteiger partial charge in [-0.25, -0.2) is 0 Å². The Kier molecular flexibility index (Phi) is 2.96. The summed E-state index contributed by atoms with van der Waals surface area (Å²) in [6.45, 7) is 5.56. The van der Waals surface area contributed by atoms with Crippen molar-refractivity contribution >= 4 is 0 Å². The van der Waals surface area contributed by atoms with Crippen molar-refractivity contribution in [2.24, 2.45) is 11.5 Å². The Morgan fingerprint density at radius 1 is 1.57 bits per heavy atom. The van der Waals surface area contributed by atoms with Crippen molar-refractivity contribution in [1.82, 2.24) is 0 Å². The van der Waals surface area contributed by atoms with E-state index in [2.05, 4.69) is 6.92 Å². The van der Waals surface area contributed by atoms with Crippen molar-refractivity contribution in [3.63, 3.8) is 0 Å². The van der Waals surface area contributed by atoms with Crippen LogP contribution in [0.2, 0.25) is 0 Å². The molecule has 0 heterocycles. The van der Waals surface area contributed by atoms with Gasteiger partial charge in [-0.05, 0) is 13.3 Å². The lowest BCUT2D eigenvalue weighted by molar-refractivity contribution is 0.580. The van der Waals surface area contributed by atoms with Crippen LogP contribution in [0.3, 0.4) is 0 Å². The number of hydrogen-bond acceptors (Lipinski definition) is 2. The molecule has 0 spiro atoms. The third-order valence-electron chi connectivity index (χ3n) is 1.02. The highest BCUT2D eigenvalue weighted by molar-refractivity contribution is 4.75. The SMILES string of the molecule is [CH2]C(N)C(N)CC. The van der Waals surface area contributed by atoms with E-state index in [1.807, 2.05) is 6.92 Å². The van der Waals surface area contributed by atoms with Gasteiger partial charge in [-0.3, -0.25) is 0 Å². The van der Waals surface area contributed by atoms with Crippen LogP contribution in [0.5, 0.6) is 0 Å². The third-order valence-corrected chi connectivity index (χ3v) is 1.02. The first-order valence-electron chi connectivity index (χ1n) is 2.52. The standard InChI is InChI=1S/C5H13N2/c1-3-5(7)4(2)6/h4-5H,2-3,6-7H2,1H3. The summed E-state index contributed by atoms with van der Waals surface area (Å²) in [5.41, 5.74) is 10.7. The fourth-order valence-electron chi connectivity index (χ4n) is 0.303. The highest BCUT2D eigenvalue weighted by Crippen LogP contribution is 1.87. The maximum Gasteiger partial charge on any atom is 0.0192 e. The summed E-state index contributed by atoms with van der Waals surface area (Å²) in [7, 11) is 0. The number of nitrogens with two attached hydrogens (primary N) is 2. The molecule has 0 fully saturated rings. The molecule has 0 amide bonds. The predicted molar refractivity (Wildman–Crippen MR) is 31.6 cm³/mol. The van der Waals surface area contributed by atoms with Gasteiger partial charge in [-0.2, -0.15) is 0 Å². The van der Waals surface area contributed by atoms with Crippen LogP contribution in [0.1, 0.15) is 13.3 Å². The van der Waals surface area contributed by atoms with E-state index in [0.29, 0.717) is 0 Å². The molecule has 0 aromatic carbocycles. The van der Waals surface area contributed by atoms with Gasteiger partial charge in [-0.1, -0.05) is 6.92 Å². The zero-order valence-electron chi connectivity index (χ0n) is 4.72. The molecule has 2 unspecified atom stereocenters. The first-order valence-corrected chi connectivity index (χ1v) is 2.52. The zero-order chi connectivity index (χ0) is 5.86. The van der Waals surface area contributed by atoms with Gasteiger partial charge < -0.3 is 11.5 Å².